The van der Waals surface area contributed by atoms with Crippen molar-refractivity contribution >= 4 is 34.6 Å². The lowest BCUT2D eigenvalue weighted by molar-refractivity contribution is -0.116. The molecule has 2 aliphatic heterocycles. The lowest BCUT2D eigenvalue weighted by atomic mass is 9.88. The van der Waals surface area contributed by atoms with E-state index in [4.69, 9.17) is 25.8 Å². The van der Waals surface area contributed by atoms with E-state index in [1.165, 1.54) is 0 Å². The molecule has 0 spiro atoms. The van der Waals surface area contributed by atoms with Gasteiger partial charge >= 0.3 is 0 Å². The quantitative estimate of drug-likeness (QED) is 0.307. The molecule has 210 valence electrons. The summed E-state index contributed by atoms with van der Waals surface area (Å²) in [7, 11) is 3.97. The highest BCUT2D eigenvalue weighted by Crippen LogP contribution is 2.42. The maximum absolute atomic E-state index is 12.7. The summed E-state index contributed by atoms with van der Waals surface area (Å²) in [5.74, 6) is 0.733. The predicted octanol–water partition coefficient (Wildman–Crippen LogP) is 4.06. The Labute approximate surface area is 234 Å². The zero-order chi connectivity index (χ0) is 27.8. The Bertz CT molecular complexity index is 1180. The fourth-order valence-electron chi connectivity index (χ4n) is 4.62. The van der Waals surface area contributed by atoms with Gasteiger partial charge in [-0.05, 0) is 58.3 Å². The number of amides is 1. The molecule has 2 aromatic rings. The number of carbonyl (C=O) groups is 1. The molecule has 1 amide bonds. The van der Waals surface area contributed by atoms with Crippen LogP contribution in [-0.2, 0) is 9.53 Å². The average Bonchev–Trinajstić information content (AvgIpc) is 3.42. The van der Waals surface area contributed by atoms with Crippen LogP contribution in [0.3, 0.4) is 0 Å². The van der Waals surface area contributed by atoms with Crippen LogP contribution in [0.1, 0.15) is 31.4 Å². The highest BCUT2D eigenvalue weighted by Gasteiger charge is 2.31. The van der Waals surface area contributed by atoms with E-state index in [0.29, 0.717) is 61.7 Å². The van der Waals surface area contributed by atoms with Gasteiger partial charge in [-0.15, -0.1) is 0 Å². The van der Waals surface area contributed by atoms with Crippen LogP contribution >= 0.6 is 11.6 Å². The third-order valence-corrected chi connectivity index (χ3v) is 6.93. The second-order valence-corrected chi connectivity index (χ2v) is 10.3. The van der Waals surface area contributed by atoms with Gasteiger partial charge in [0.1, 0.15) is 18.1 Å². The molecule has 0 aliphatic carbocycles. The summed E-state index contributed by atoms with van der Waals surface area (Å²) >= 11 is 6.54. The number of halogens is 1. The molecule has 4 rings (SSSR count). The smallest absolute Gasteiger partial charge is 0.224 e. The number of hydrogen-bond acceptors (Lipinski definition) is 9. The van der Waals surface area contributed by atoms with Crippen molar-refractivity contribution in [1.29, 1.82) is 5.26 Å². The van der Waals surface area contributed by atoms with Gasteiger partial charge in [0, 0.05) is 36.0 Å². The number of fused-ring (bicyclic) bond motifs is 1. The minimum Gasteiger partial charge on any atom is -0.492 e. The van der Waals surface area contributed by atoms with Crippen molar-refractivity contribution in [3.8, 4) is 17.6 Å². The molecule has 4 N–H and O–H groups in total. The Morgan fingerprint density at radius 1 is 1.26 bits per heavy atom. The molecular formula is C28H37ClN6O4. The zero-order valence-corrected chi connectivity index (χ0v) is 23.4. The van der Waals surface area contributed by atoms with Crippen molar-refractivity contribution in [3.63, 3.8) is 0 Å². The van der Waals surface area contributed by atoms with Crippen LogP contribution in [0.2, 0.25) is 5.02 Å². The number of nitrogens with one attached hydrogen (secondary N) is 4. The van der Waals surface area contributed by atoms with Crippen LogP contribution in [-0.4, -0.2) is 70.6 Å². The molecule has 10 nitrogen and oxygen atoms in total. The highest BCUT2D eigenvalue weighted by molar-refractivity contribution is 6.32. The van der Waals surface area contributed by atoms with E-state index in [-0.39, 0.29) is 23.9 Å². The summed E-state index contributed by atoms with van der Waals surface area (Å²) in [6.45, 7) is 5.24. The van der Waals surface area contributed by atoms with E-state index < -0.39 is 0 Å². The van der Waals surface area contributed by atoms with E-state index in [2.05, 4.69) is 32.2 Å². The van der Waals surface area contributed by atoms with Crippen molar-refractivity contribution in [2.45, 2.75) is 31.8 Å². The van der Waals surface area contributed by atoms with Gasteiger partial charge < -0.3 is 35.1 Å². The SMILES string of the molecule is CCOc1cc2c(cc1NC(=O)CCCN(C)C)C(Nc1ccc(OCC3COCN3)c(Cl)c1)C(C#N)CN2. The van der Waals surface area contributed by atoms with Crippen molar-refractivity contribution in [1.82, 2.24) is 10.2 Å². The average molecular weight is 557 g/mol. The Balaban J connectivity index is 1.54. The first-order valence-electron chi connectivity index (χ1n) is 13.3. The largest absolute Gasteiger partial charge is 0.492 e. The first kappa shape index (κ1) is 28.8. The number of rotatable bonds is 12. The van der Waals surface area contributed by atoms with E-state index in [0.717, 1.165) is 29.9 Å². The second kappa shape index (κ2) is 13.7. The van der Waals surface area contributed by atoms with Gasteiger partial charge in [0.15, 0.2) is 0 Å². The minimum atomic E-state index is -0.359. The number of nitrogens with zero attached hydrogens (tertiary/aromatic N) is 2. The van der Waals surface area contributed by atoms with E-state index >= 15 is 0 Å². The van der Waals surface area contributed by atoms with Gasteiger partial charge in [-0.25, -0.2) is 0 Å². The molecule has 39 heavy (non-hydrogen) atoms. The van der Waals surface area contributed by atoms with E-state index in [1.807, 2.05) is 45.3 Å². The fraction of sp³-hybridized carbons (Fsp3) is 0.500. The monoisotopic (exact) mass is 556 g/mol. The normalized spacial score (nSPS) is 20.1. The van der Waals surface area contributed by atoms with Gasteiger partial charge in [0.25, 0.3) is 0 Å². The maximum atomic E-state index is 12.7. The molecule has 2 heterocycles. The topological polar surface area (TPSA) is 120 Å². The lowest BCUT2D eigenvalue weighted by Crippen LogP contribution is -2.31. The Morgan fingerprint density at radius 2 is 2.10 bits per heavy atom. The summed E-state index contributed by atoms with van der Waals surface area (Å²) in [6.07, 6.45) is 1.15. The standard InChI is InChI=1S/C28H37ClN6O4/c1-4-38-26-12-23-21(11-24(26)34-27(36)6-5-9-35(2)3)28(18(13-30)14-31-23)33-19-7-8-25(22(29)10-19)39-16-20-15-37-17-32-20/h7-8,10-12,18,20,28,31-33H,4-6,9,14-17H2,1-3H3,(H,34,36). The van der Waals surface area contributed by atoms with Crippen LogP contribution in [0.15, 0.2) is 30.3 Å². The molecule has 0 bridgehead atoms. The number of benzene rings is 2. The third kappa shape index (κ3) is 7.67. The van der Waals surface area contributed by atoms with Gasteiger partial charge in [0.05, 0.1) is 54.7 Å². The van der Waals surface area contributed by atoms with E-state index in [9.17, 15) is 10.1 Å². The summed E-state index contributed by atoms with van der Waals surface area (Å²) in [6, 6.07) is 11.5. The van der Waals surface area contributed by atoms with Crippen molar-refractivity contribution < 1.29 is 19.0 Å². The van der Waals surface area contributed by atoms with E-state index in [1.54, 1.807) is 6.07 Å². The summed E-state index contributed by atoms with van der Waals surface area (Å²) in [4.78, 5) is 14.8. The molecule has 3 unspecified atom stereocenters. The number of nitriles is 1. The summed E-state index contributed by atoms with van der Waals surface area (Å²) < 4.78 is 17.0. The van der Waals surface area contributed by atoms with Crippen LogP contribution in [0.25, 0.3) is 0 Å². The summed E-state index contributed by atoms with van der Waals surface area (Å²) in [5.41, 5.74) is 3.06. The molecule has 3 atom stereocenters. The molecule has 2 aromatic carbocycles. The first-order chi connectivity index (χ1) is 18.9. The molecule has 2 aliphatic rings. The molecule has 0 saturated carbocycles. The van der Waals surface area contributed by atoms with Gasteiger partial charge in [-0.2, -0.15) is 5.26 Å². The molecule has 1 saturated heterocycles. The Kier molecular flexibility index (Phi) is 10.1. The Morgan fingerprint density at radius 3 is 2.79 bits per heavy atom. The van der Waals surface area contributed by atoms with Gasteiger partial charge in [-0.3, -0.25) is 10.1 Å². The zero-order valence-electron chi connectivity index (χ0n) is 22.7. The number of hydrogen-bond donors (Lipinski definition) is 4. The van der Waals surface area contributed by atoms with Crippen LogP contribution in [0, 0.1) is 17.2 Å². The molecule has 0 radical (unpaired) electrons. The molecule has 0 aromatic heterocycles. The molecular weight excluding hydrogens is 520 g/mol. The van der Waals surface area contributed by atoms with Crippen molar-refractivity contribution in [2.75, 3.05) is 69.7 Å². The van der Waals surface area contributed by atoms with Crippen LogP contribution < -0.4 is 30.7 Å². The summed E-state index contributed by atoms with van der Waals surface area (Å²) in [5, 5.41) is 23.5. The Hall–Kier alpha value is -3.23. The number of ether oxygens (including phenoxy) is 3. The fourth-order valence-corrected chi connectivity index (χ4v) is 4.86. The second-order valence-electron chi connectivity index (χ2n) is 9.93. The van der Waals surface area contributed by atoms with Gasteiger partial charge in [0.2, 0.25) is 5.91 Å². The minimum absolute atomic E-state index is 0.0791. The van der Waals surface area contributed by atoms with Crippen LogP contribution in [0.5, 0.6) is 11.5 Å². The van der Waals surface area contributed by atoms with Crippen molar-refractivity contribution in [3.05, 3.63) is 40.9 Å². The number of anilines is 3. The first-order valence-corrected chi connectivity index (χ1v) is 13.6. The van der Waals surface area contributed by atoms with Crippen LogP contribution in [0.4, 0.5) is 17.1 Å². The van der Waals surface area contributed by atoms with Gasteiger partial charge in [-0.1, -0.05) is 11.6 Å². The predicted molar refractivity (Wildman–Crippen MR) is 153 cm³/mol. The lowest BCUT2D eigenvalue weighted by Gasteiger charge is -2.33. The third-order valence-electron chi connectivity index (χ3n) is 6.64. The highest BCUT2D eigenvalue weighted by atomic mass is 35.5. The maximum Gasteiger partial charge on any atom is 0.224 e. The van der Waals surface area contributed by atoms with Crippen molar-refractivity contribution in [2.24, 2.45) is 5.92 Å². The number of carbonyl (C=O) groups excluding carboxylic acids is 1. The molecule has 1 fully saturated rings. The molecule has 11 heteroatoms.